The number of halogens is 2. The molecule has 0 saturated heterocycles. The topological polar surface area (TPSA) is 66.4 Å². The Morgan fingerprint density at radius 1 is 1.17 bits per heavy atom. The highest BCUT2D eigenvalue weighted by atomic mass is 35.5. The number of phenols is 1. The second-order valence-electron chi connectivity index (χ2n) is 3.33. The summed E-state index contributed by atoms with van der Waals surface area (Å²) in [5.41, 5.74) is 0.194. The molecule has 4 nitrogen and oxygen atoms in total. The number of hydrogen-bond acceptors (Lipinski definition) is 4. The molecule has 0 fully saturated rings. The number of anilines is 1. The molecule has 96 valence electrons. The molecule has 0 saturated carbocycles. The Morgan fingerprint density at radius 3 is 2.44 bits per heavy atom. The third-order valence-corrected chi connectivity index (χ3v) is 5.41. The third-order valence-electron chi connectivity index (χ3n) is 2.01. The average Bonchev–Trinajstić information content (AvgIpc) is 2.70. The fraction of sp³-hybridized carbons (Fsp3) is 0. The lowest BCUT2D eigenvalue weighted by atomic mass is 10.3. The fourth-order valence-corrected chi connectivity index (χ4v) is 4.06. The van der Waals surface area contributed by atoms with Crippen LogP contribution in [0.3, 0.4) is 0 Å². The number of nitrogens with one attached hydrogen (secondary N) is 1. The van der Waals surface area contributed by atoms with Gasteiger partial charge in [0.2, 0.25) is 0 Å². The van der Waals surface area contributed by atoms with E-state index in [1.807, 2.05) is 0 Å². The molecule has 1 heterocycles. The normalized spacial score (nSPS) is 11.4. The fourth-order valence-electron chi connectivity index (χ4n) is 1.22. The molecule has 0 atom stereocenters. The minimum absolute atomic E-state index is 0.0397. The molecule has 0 spiro atoms. The van der Waals surface area contributed by atoms with Crippen molar-refractivity contribution in [3.8, 4) is 5.75 Å². The number of phenolic OH excluding ortho intramolecular Hbond substituents is 1. The van der Waals surface area contributed by atoms with Crippen molar-refractivity contribution in [2.45, 2.75) is 4.21 Å². The van der Waals surface area contributed by atoms with Gasteiger partial charge in [0.25, 0.3) is 10.0 Å². The highest BCUT2D eigenvalue weighted by Crippen LogP contribution is 2.31. The summed E-state index contributed by atoms with van der Waals surface area (Å²) in [6.45, 7) is 0. The highest BCUT2D eigenvalue weighted by Gasteiger charge is 2.18. The van der Waals surface area contributed by atoms with Gasteiger partial charge < -0.3 is 5.11 Å². The van der Waals surface area contributed by atoms with Crippen LogP contribution in [-0.2, 0) is 10.0 Å². The molecule has 18 heavy (non-hydrogen) atoms. The summed E-state index contributed by atoms with van der Waals surface area (Å²) in [7, 11) is -3.71. The van der Waals surface area contributed by atoms with E-state index in [4.69, 9.17) is 23.2 Å². The zero-order valence-electron chi connectivity index (χ0n) is 8.72. The number of aromatic hydroxyl groups is 1. The van der Waals surface area contributed by atoms with Crippen LogP contribution in [0.4, 0.5) is 5.69 Å². The molecule has 1 aromatic heterocycles. The number of thiophene rings is 1. The second-order valence-corrected chi connectivity index (χ2v) is 7.36. The van der Waals surface area contributed by atoms with Crippen LogP contribution in [0, 0.1) is 0 Å². The van der Waals surface area contributed by atoms with E-state index in [-0.39, 0.29) is 20.7 Å². The van der Waals surface area contributed by atoms with Crippen molar-refractivity contribution >= 4 is 50.2 Å². The molecular weight excluding hydrogens is 317 g/mol. The van der Waals surface area contributed by atoms with Crippen molar-refractivity contribution < 1.29 is 13.5 Å². The van der Waals surface area contributed by atoms with Gasteiger partial charge >= 0.3 is 0 Å². The maximum atomic E-state index is 12.0. The van der Waals surface area contributed by atoms with E-state index >= 15 is 0 Å². The lowest BCUT2D eigenvalue weighted by Gasteiger charge is -2.08. The zero-order chi connectivity index (χ0) is 13.3. The van der Waals surface area contributed by atoms with E-state index in [2.05, 4.69) is 4.72 Å². The molecule has 8 heteroatoms. The van der Waals surface area contributed by atoms with E-state index in [1.54, 1.807) is 0 Å². The van der Waals surface area contributed by atoms with Crippen molar-refractivity contribution in [1.82, 2.24) is 0 Å². The number of benzene rings is 1. The summed E-state index contributed by atoms with van der Waals surface area (Å²) < 4.78 is 26.7. The number of rotatable bonds is 3. The Hall–Kier alpha value is -0.950. The van der Waals surface area contributed by atoms with E-state index in [9.17, 15) is 13.5 Å². The van der Waals surface area contributed by atoms with Crippen LogP contribution in [0.2, 0.25) is 9.36 Å². The first-order valence-corrected chi connectivity index (χ1v) is 7.71. The first-order valence-electron chi connectivity index (χ1n) is 4.65. The van der Waals surface area contributed by atoms with E-state index in [1.165, 1.54) is 30.3 Å². The third kappa shape index (κ3) is 2.89. The Kier molecular flexibility index (Phi) is 3.72. The van der Waals surface area contributed by atoms with E-state index in [0.717, 1.165) is 11.3 Å². The molecule has 0 amide bonds. The quantitative estimate of drug-likeness (QED) is 0.849. The first kappa shape index (κ1) is 13.5. The van der Waals surface area contributed by atoms with Crippen molar-refractivity contribution in [3.63, 3.8) is 0 Å². The molecule has 0 aliphatic carbocycles. The van der Waals surface area contributed by atoms with Gasteiger partial charge in [-0.1, -0.05) is 23.2 Å². The summed E-state index contributed by atoms with van der Waals surface area (Å²) in [6, 6.07) is 6.87. The average molecular weight is 324 g/mol. The summed E-state index contributed by atoms with van der Waals surface area (Å²) in [5, 5.41) is 9.29. The highest BCUT2D eigenvalue weighted by molar-refractivity contribution is 7.94. The molecule has 2 aromatic rings. The Balaban J connectivity index is 2.33. The molecule has 2 N–H and O–H groups in total. The standard InChI is InChI=1S/C10H7Cl2NO3S2/c11-7-5-6(14)1-2-8(7)13-18(15,16)10-4-3-9(12)17-10/h1-5,13-14H. The molecule has 0 radical (unpaired) electrons. The van der Waals surface area contributed by atoms with Gasteiger partial charge in [-0.2, -0.15) is 0 Å². The lowest BCUT2D eigenvalue weighted by molar-refractivity contribution is 0.475. The van der Waals surface area contributed by atoms with Gasteiger partial charge in [0.05, 0.1) is 15.0 Å². The molecule has 1 aromatic carbocycles. The van der Waals surface area contributed by atoms with Gasteiger partial charge in [-0.05, 0) is 24.3 Å². The van der Waals surface area contributed by atoms with Gasteiger partial charge in [0.1, 0.15) is 9.96 Å². The summed E-state index contributed by atoms with van der Waals surface area (Å²) in [4.78, 5) is 0. The minimum atomic E-state index is -3.71. The van der Waals surface area contributed by atoms with Crippen molar-refractivity contribution in [3.05, 3.63) is 39.7 Å². The van der Waals surface area contributed by atoms with Crippen LogP contribution < -0.4 is 4.72 Å². The Bertz CT molecular complexity index is 682. The largest absolute Gasteiger partial charge is 0.508 e. The van der Waals surface area contributed by atoms with Gasteiger partial charge in [-0.25, -0.2) is 8.42 Å². The summed E-state index contributed by atoms with van der Waals surface area (Å²) >= 11 is 12.5. The van der Waals surface area contributed by atoms with Crippen LogP contribution in [0.5, 0.6) is 5.75 Å². The van der Waals surface area contributed by atoms with Crippen LogP contribution in [0.25, 0.3) is 0 Å². The maximum Gasteiger partial charge on any atom is 0.271 e. The van der Waals surface area contributed by atoms with E-state index < -0.39 is 10.0 Å². The smallest absolute Gasteiger partial charge is 0.271 e. The zero-order valence-corrected chi connectivity index (χ0v) is 11.9. The summed E-state index contributed by atoms with van der Waals surface area (Å²) in [6.07, 6.45) is 0. The Labute approximate surface area is 118 Å². The van der Waals surface area contributed by atoms with Gasteiger partial charge in [-0.3, -0.25) is 4.72 Å². The lowest BCUT2D eigenvalue weighted by Crippen LogP contribution is -2.11. The van der Waals surface area contributed by atoms with Gasteiger partial charge in [0.15, 0.2) is 0 Å². The number of sulfonamides is 1. The van der Waals surface area contributed by atoms with Crippen LogP contribution >= 0.6 is 34.5 Å². The minimum Gasteiger partial charge on any atom is -0.508 e. The van der Waals surface area contributed by atoms with Crippen molar-refractivity contribution in [2.75, 3.05) is 4.72 Å². The van der Waals surface area contributed by atoms with Gasteiger partial charge in [-0.15, -0.1) is 11.3 Å². The van der Waals surface area contributed by atoms with Crippen molar-refractivity contribution in [1.29, 1.82) is 0 Å². The monoisotopic (exact) mass is 323 g/mol. The number of hydrogen-bond donors (Lipinski definition) is 2. The molecule has 0 unspecified atom stereocenters. The molecular formula is C10H7Cl2NO3S2. The maximum absolute atomic E-state index is 12.0. The van der Waals surface area contributed by atoms with Crippen LogP contribution in [0.15, 0.2) is 34.5 Å². The summed E-state index contributed by atoms with van der Waals surface area (Å²) in [5.74, 6) is -0.0397. The molecule has 2 rings (SSSR count). The Morgan fingerprint density at radius 2 is 1.89 bits per heavy atom. The molecule has 0 aliphatic rings. The SMILES string of the molecule is O=S(=O)(Nc1ccc(O)cc1Cl)c1ccc(Cl)s1. The van der Waals surface area contributed by atoms with Crippen LogP contribution in [-0.4, -0.2) is 13.5 Å². The second kappa shape index (κ2) is 4.97. The molecule has 0 aliphatic heterocycles. The van der Waals surface area contributed by atoms with E-state index in [0.29, 0.717) is 4.34 Å². The van der Waals surface area contributed by atoms with Crippen molar-refractivity contribution in [2.24, 2.45) is 0 Å². The van der Waals surface area contributed by atoms with Crippen LogP contribution in [0.1, 0.15) is 0 Å². The predicted molar refractivity (Wildman–Crippen MR) is 73.3 cm³/mol. The molecule has 0 bridgehead atoms. The first-order chi connectivity index (χ1) is 8.38. The predicted octanol–water partition coefficient (Wildman–Crippen LogP) is 3.56. The van der Waals surface area contributed by atoms with Gasteiger partial charge in [0, 0.05) is 6.07 Å².